The third-order valence-electron chi connectivity index (χ3n) is 2.37. The van der Waals surface area contributed by atoms with Crippen molar-refractivity contribution in [2.75, 3.05) is 7.11 Å². The van der Waals surface area contributed by atoms with Gasteiger partial charge in [-0.25, -0.2) is 5.43 Å². The molecule has 0 heterocycles. The highest BCUT2D eigenvalue weighted by molar-refractivity contribution is 9.10. The number of hydrogen-bond donors (Lipinski definition) is 1. The maximum Gasteiger partial charge on any atom is 0.271 e. The highest BCUT2D eigenvalue weighted by atomic mass is 79.9. The van der Waals surface area contributed by atoms with E-state index in [4.69, 9.17) is 4.74 Å². The first-order valence-electron chi connectivity index (χ1n) is 5.75. The number of nitrogens with one attached hydrogen (secondary N) is 1. The predicted molar refractivity (Wildman–Crippen MR) is 76.2 cm³/mol. The van der Waals surface area contributed by atoms with Crippen LogP contribution in [0.2, 0.25) is 0 Å². The molecule has 1 aromatic rings. The second-order valence-corrected chi connectivity index (χ2v) is 4.74. The molecule has 4 nitrogen and oxygen atoms in total. The molecule has 0 unspecified atom stereocenters. The van der Waals surface area contributed by atoms with E-state index in [9.17, 15) is 4.79 Å². The summed E-state index contributed by atoms with van der Waals surface area (Å²) in [7, 11) is 1.58. The van der Waals surface area contributed by atoms with E-state index in [0.29, 0.717) is 11.3 Å². The van der Waals surface area contributed by atoms with Gasteiger partial charge in [-0.3, -0.25) is 4.79 Å². The van der Waals surface area contributed by atoms with E-state index >= 15 is 0 Å². The van der Waals surface area contributed by atoms with Gasteiger partial charge in [-0.05, 0) is 47.5 Å². The van der Waals surface area contributed by atoms with Crippen molar-refractivity contribution in [3.8, 4) is 5.75 Å². The molecule has 1 aromatic carbocycles. The summed E-state index contributed by atoms with van der Waals surface area (Å²) in [5.41, 5.74) is 3.99. The van der Waals surface area contributed by atoms with Gasteiger partial charge in [0, 0.05) is 11.3 Å². The van der Waals surface area contributed by atoms with Crippen molar-refractivity contribution >= 4 is 27.5 Å². The largest absolute Gasteiger partial charge is 0.496 e. The second-order valence-electron chi connectivity index (χ2n) is 3.89. The van der Waals surface area contributed by atoms with E-state index in [0.717, 1.165) is 23.0 Å². The molecule has 0 aromatic heterocycles. The maximum absolute atomic E-state index is 11.8. The standard InChI is InChI=1S/C13H17BrN2O2/c1-4-5-9(2)15-16-13(17)10-6-7-12(18-3)11(14)8-10/h6-8H,4-5H2,1-3H3,(H,16,17)/b15-9+. The van der Waals surface area contributed by atoms with E-state index in [-0.39, 0.29) is 5.91 Å². The summed E-state index contributed by atoms with van der Waals surface area (Å²) in [6.07, 6.45) is 1.89. The fraction of sp³-hybridized carbons (Fsp3) is 0.385. The molecular formula is C13H17BrN2O2. The van der Waals surface area contributed by atoms with Crippen LogP contribution in [-0.2, 0) is 0 Å². The van der Waals surface area contributed by atoms with Crippen LogP contribution in [0.1, 0.15) is 37.0 Å². The van der Waals surface area contributed by atoms with Crippen LogP contribution in [-0.4, -0.2) is 18.7 Å². The van der Waals surface area contributed by atoms with Crippen molar-refractivity contribution < 1.29 is 9.53 Å². The minimum Gasteiger partial charge on any atom is -0.496 e. The van der Waals surface area contributed by atoms with Crippen LogP contribution in [0.5, 0.6) is 5.75 Å². The van der Waals surface area contributed by atoms with E-state index in [2.05, 4.69) is 33.4 Å². The molecule has 0 radical (unpaired) electrons. The van der Waals surface area contributed by atoms with Crippen LogP contribution in [0, 0.1) is 0 Å². The summed E-state index contributed by atoms with van der Waals surface area (Å²) in [4.78, 5) is 11.8. The Morgan fingerprint density at radius 2 is 2.22 bits per heavy atom. The highest BCUT2D eigenvalue weighted by Gasteiger charge is 2.08. The zero-order chi connectivity index (χ0) is 13.5. The van der Waals surface area contributed by atoms with Crippen molar-refractivity contribution in [2.24, 2.45) is 5.10 Å². The lowest BCUT2D eigenvalue weighted by atomic mass is 10.2. The molecule has 1 rings (SSSR count). The van der Waals surface area contributed by atoms with Gasteiger partial charge in [-0.15, -0.1) is 0 Å². The van der Waals surface area contributed by atoms with Crippen LogP contribution < -0.4 is 10.2 Å². The molecule has 98 valence electrons. The molecule has 0 spiro atoms. The van der Waals surface area contributed by atoms with Gasteiger partial charge in [0.2, 0.25) is 0 Å². The summed E-state index contributed by atoms with van der Waals surface area (Å²) in [6, 6.07) is 5.14. The Labute approximate surface area is 116 Å². The summed E-state index contributed by atoms with van der Waals surface area (Å²) in [5.74, 6) is 0.464. The number of hydrogen-bond acceptors (Lipinski definition) is 3. The van der Waals surface area contributed by atoms with Crippen molar-refractivity contribution in [1.82, 2.24) is 5.43 Å². The Balaban J connectivity index is 2.73. The summed E-state index contributed by atoms with van der Waals surface area (Å²) in [5, 5.41) is 4.03. The first-order chi connectivity index (χ1) is 8.58. The highest BCUT2D eigenvalue weighted by Crippen LogP contribution is 2.25. The summed E-state index contributed by atoms with van der Waals surface area (Å²) >= 11 is 3.34. The van der Waals surface area contributed by atoms with E-state index in [1.807, 2.05) is 6.92 Å². The quantitative estimate of drug-likeness (QED) is 0.669. The first-order valence-corrected chi connectivity index (χ1v) is 6.54. The number of halogens is 1. The molecule has 1 N–H and O–H groups in total. The van der Waals surface area contributed by atoms with Gasteiger partial charge in [0.15, 0.2) is 0 Å². The van der Waals surface area contributed by atoms with Crippen LogP contribution in [0.4, 0.5) is 0 Å². The number of methoxy groups -OCH3 is 1. The van der Waals surface area contributed by atoms with E-state index in [1.165, 1.54) is 0 Å². The lowest BCUT2D eigenvalue weighted by molar-refractivity contribution is 0.0954. The van der Waals surface area contributed by atoms with Gasteiger partial charge in [0.1, 0.15) is 5.75 Å². The number of carbonyl (C=O) groups excluding carboxylic acids is 1. The minimum atomic E-state index is -0.228. The molecular weight excluding hydrogens is 296 g/mol. The number of hydrazone groups is 1. The number of ether oxygens (including phenoxy) is 1. The fourth-order valence-corrected chi connectivity index (χ4v) is 1.98. The van der Waals surface area contributed by atoms with Gasteiger partial charge >= 0.3 is 0 Å². The van der Waals surface area contributed by atoms with Gasteiger partial charge in [0.25, 0.3) is 5.91 Å². The van der Waals surface area contributed by atoms with Crippen molar-refractivity contribution in [2.45, 2.75) is 26.7 Å². The summed E-state index contributed by atoms with van der Waals surface area (Å²) < 4.78 is 5.85. The average molecular weight is 313 g/mol. The molecule has 0 fully saturated rings. The van der Waals surface area contributed by atoms with Gasteiger partial charge in [0.05, 0.1) is 11.6 Å². The van der Waals surface area contributed by atoms with Crippen LogP contribution in [0.3, 0.4) is 0 Å². The number of rotatable bonds is 5. The Bertz CT molecular complexity index is 458. The van der Waals surface area contributed by atoms with E-state index < -0.39 is 0 Å². The van der Waals surface area contributed by atoms with Crippen molar-refractivity contribution in [3.05, 3.63) is 28.2 Å². The average Bonchev–Trinajstić information content (AvgIpc) is 2.36. The van der Waals surface area contributed by atoms with Crippen molar-refractivity contribution in [3.63, 3.8) is 0 Å². The topological polar surface area (TPSA) is 50.7 Å². The Hall–Kier alpha value is -1.36. The second kappa shape index (κ2) is 7.16. The van der Waals surface area contributed by atoms with Crippen molar-refractivity contribution in [1.29, 1.82) is 0 Å². The number of carbonyl (C=O) groups is 1. The van der Waals surface area contributed by atoms with Gasteiger partial charge < -0.3 is 4.74 Å². The monoisotopic (exact) mass is 312 g/mol. The zero-order valence-corrected chi connectivity index (χ0v) is 12.4. The van der Waals surface area contributed by atoms with Crippen LogP contribution in [0.15, 0.2) is 27.8 Å². The van der Waals surface area contributed by atoms with Gasteiger partial charge in [-0.2, -0.15) is 5.10 Å². The molecule has 5 heteroatoms. The molecule has 0 atom stereocenters. The third-order valence-corrected chi connectivity index (χ3v) is 2.99. The molecule has 18 heavy (non-hydrogen) atoms. The molecule has 0 saturated heterocycles. The molecule has 0 saturated carbocycles. The Morgan fingerprint density at radius 3 is 2.78 bits per heavy atom. The van der Waals surface area contributed by atoms with Crippen LogP contribution in [0.25, 0.3) is 0 Å². The smallest absolute Gasteiger partial charge is 0.271 e. The number of nitrogens with zero attached hydrogens (tertiary/aromatic N) is 1. The Kier molecular flexibility index (Phi) is 5.85. The van der Waals surface area contributed by atoms with E-state index in [1.54, 1.807) is 25.3 Å². The zero-order valence-electron chi connectivity index (χ0n) is 10.8. The maximum atomic E-state index is 11.8. The predicted octanol–water partition coefficient (Wildman–Crippen LogP) is 3.36. The first kappa shape index (κ1) is 14.7. The molecule has 0 bridgehead atoms. The lowest BCUT2D eigenvalue weighted by Gasteiger charge is -2.05. The Morgan fingerprint density at radius 1 is 1.50 bits per heavy atom. The minimum absolute atomic E-state index is 0.228. The molecule has 0 aliphatic heterocycles. The normalized spacial score (nSPS) is 11.2. The SMILES string of the molecule is CCC/C(C)=N/NC(=O)c1ccc(OC)c(Br)c1. The molecule has 1 amide bonds. The third kappa shape index (κ3) is 4.14. The van der Waals surface area contributed by atoms with Crippen LogP contribution >= 0.6 is 15.9 Å². The molecule has 0 aliphatic rings. The fourth-order valence-electron chi connectivity index (χ4n) is 1.44. The number of benzene rings is 1. The van der Waals surface area contributed by atoms with Gasteiger partial charge in [-0.1, -0.05) is 13.3 Å². The lowest BCUT2D eigenvalue weighted by Crippen LogP contribution is -2.19. The molecule has 0 aliphatic carbocycles. The number of amides is 1. The summed E-state index contributed by atoms with van der Waals surface area (Å²) in [6.45, 7) is 3.97.